The molecule has 0 amide bonds. The molecular weight excluding hydrogens is 140 g/mol. The van der Waals surface area contributed by atoms with Crippen molar-refractivity contribution in [1.29, 1.82) is 0 Å². The van der Waals surface area contributed by atoms with Gasteiger partial charge in [0.05, 0.1) is 12.9 Å². The van der Waals surface area contributed by atoms with E-state index in [9.17, 15) is 0 Å². The smallest absolute Gasteiger partial charge is 0.134 e. The van der Waals surface area contributed by atoms with Crippen LogP contribution in [0.25, 0.3) is 11.0 Å². The zero-order chi connectivity index (χ0) is 7.68. The second kappa shape index (κ2) is 2.40. The Labute approximate surface area is 64.1 Å². The van der Waals surface area contributed by atoms with Gasteiger partial charge < -0.3 is 9.52 Å². The van der Waals surface area contributed by atoms with Crippen molar-refractivity contribution in [3.8, 4) is 0 Å². The lowest BCUT2D eigenvalue weighted by Crippen LogP contribution is -1.81. The number of benzene rings is 1. The highest BCUT2D eigenvalue weighted by molar-refractivity contribution is 5.80. The van der Waals surface area contributed by atoms with Crippen LogP contribution in [-0.2, 0) is 6.61 Å². The Morgan fingerprint density at radius 1 is 1.27 bits per heavy atom. The third kappa shape index (κ3) is 0.917. The molecule has 0 aliphatic rings. The van der Waals surface area contributed by atoms with Gasteiger partial charge >= 0.3 is 0 Å². The van der Waals surface area contributed by atoms with E-state index in [0.717, 1.165) is 16.5 Å². The zero-order valence-electron chi connectivity index (χ0n) is 5.95. The number of fused-ring (bicyclic) bond motifs is 1. The van der Waals surface area contributed by atoms with Gasteiger partial charge in [-0.1, -0.05) is 12.1 Å². The van der Waals surface area contributed by atoms with E-state index < -0.39 is 0 Å². The van der Waals surface area contributed by atoms with Gasteiger partial charge in [0.2, 0.25) is 0 Å². The van der Waals surface area contributed by atoms with Crippen molar-refractivity contribution in [2.24, 2.45) is 0 Å². The van der Waals surface area contributed by atoms with Gasteiger partial charge in [0, 0.05) is 5.39 Å². The fourth-order valence-electron chi connectivity index (χ4n) is 1.19. The third-order valence-corrected chi connectivity index (χ3v) is 1.76. The monoisotopic (exact) mass is 148 g/mol. The van der Waals surface area contributed by atoms with Gasteiger partial charge in [0.25, 0.3) is 0 Å². The van der Waals surface area contributed by atoms with E-state index in [2.05, 4.69) is 0 Å². The maximum absolute atomic E-state index is 8.91. The SMILES string of the molecule is OCc1cccc2occc12. The predicted octanol–water partition coefficient (Wildman–Crippen LogP) is 1.93. The molecule has 11 heavy (non-hydrogen) atoms. The molecule has 0 spiro atoms. The number of rotatable bonds is 1. The van der Waals surface area contributed by atoms with Gasteiger partial charge in [-0.2, -0.15) is 0 Å². The number of furan rings is 1. The van der Waals surface area contributed by atoms with E-state index in [1.54, 1.807) is 6.26 Å². The van der Waals surface area contributed by atoms with Gasteiger partial charge in [-0.25, -0.2) is 0 Å². The molecule has 2 rings (SSSR count). The number of hydrogen-bond acceptors (Lipinski definition) is 2. The molecule has 0 saturated heterocycles. The van der Waals surface area contributed by atoms with Gasteiger partial charge in [-0.3, -0.25) is 0 Å². The van der Waals surface area contributed by atoms with E-state index >= 15 is 0 Å². The summed E-state index contributed by atoms with van der Waals surface area (Å²) in [4.78, 5) is 0. The summed E-state index contributed by atoms with van der Waals surface area (Å²) in [5, 5.41) is 9.91. The van der Waals surface area contributed by atoms with E-state index in [1.807, 2.05) is 24.3 Å². The van der Waals surface area contributed by atoms with Gasteiger partial charge in [-0.05, 0) is 17.7 Å². The molecule has 1 heterocycles. The number of aliphatic hydroxyl groups excluding tert-OH is 1. The van der Waals surface area contributed by atoms with Crippen LogP contribution in [0.15, 0.2) is 34.9 Å². The average Bonchev–Trinajstić information content (AvgIpc) is 2.50. The van der Waals surface area contributed by atoms with Crippen molar-refractivity contribution in [2.75, 3.05) is 0 Å². The number of hydrogen-bond donors (Lipinski definition) is 1. The van der Waals surface area contributed by atoms with E-state index in [1.165, 1.54) is 0 Å². The minimum Gasteiger partial charge on any atom is -0.464 e. The van der Waals surface area contributed by atoms with Crippen LogP contribution in [0.2, 0.25) is 0 Å². The van der Waals surface area contributed by atoms with Crippen molar-refractivity contribution >= 4 is 11.0 Å². The minimum absolute atomic E-state index is 0.0663. The van der Waals surface area contributed by atoms with Crippen LogP contribution >= 0.6 is 0 Å². The molecule has 1 aromatic heterocycles. The van der Waals surface area contributed by atoms with Crippen molar-refractivity contribution in [3.05, 3.63) is 36.1 Å². The summed E-state index contributed by atoms with van der Waals surface area (Å²) < 4.78 is 5.15. The summed E-state index contributed by atoms with van der Waals surface area (Å²) in [5.74, 6) is 0. The Bertz CT molecular complexity index is 362. The van der Waals surface area contributed by atoms with E-state index in [4.69, 9.17) is 9.52 Å². The topological polar surface area (TPSA) is 33.4 Å². The molecule has 0 unspecified atom stereocenters. The van der Waals surface area contributed by atoms with Crippen molar-refractivity contribution < 1.29 is 9.52 Å². The Balaban J connectivity index is 2.79. The molecule has 0 bridgehead atoms. The molecule has 2 aromatic rings. The molecule has 0 fully saturated rings. The number of aliphatic hydroxyl groups is 1. The molecular formula is C9H8O2. The molecule has 1 aromatic carbocycles. The quantitative estimate of drug-likeness (QED) is 0.670. The molecule has 2 heteroatoms. The largest absolute Gasteiger partial charge is 0.464 e. The summed E-state index contributed by atoms with van der Waals surface area (Å²) in [6.45, 7) is 0.0663. The lowest BCUT2D eigenvalue weighted by atomic mass is 10.1. The molecule has 0 saturated carbocycles. The normalized spacial score (nSPS) is 10.6. The van der Waals surface area contributed by atoms with Crippen molar-refractivity contribution in [1.82, 2.24) is 0 Å². The fourth-order valence-corrected chi connectivity index (χ4v) is 1.19. The Hall–Kier alpha value is -1.28. The first-order chi connectivity index (χ1) is 5.42. The fraction of sp³-hybridized carbons (Fsp3) is 0.111. The van der Waals surface area contributed by atoms with Crippen LogP contribution in [0.4, 0.5) is 0 Å². The molecule has 0 aliphatic carbocycles. The highest BCUT2D eigenvalue weighted by atomic mass is 16.3. The maximum Gasteiger partial charge on any atom is 0.134 e. The van der Waals surface area contributed by atoms with Crippen molar-refractivity contribution in [3.63, 3.8) is 0 Å². The molecule has 0 radical (unpaired) electrons. The summed E-state index contributed by atoms with van der Waals surface area (Å²) in [6, 6.07) is 7.50. The first-order valence-corrected chi connectivity index (χ1v) is 3.48. The van der Waals surface area contributed by atoms with Crippen LogP contribution in [-0.4, -0.2) is 5.11 Å². The average molecular weight is 148 g/mol. The Morgan fingerprint density at radius 2 is 2.18 bits per heavy atom. The lowest BCUT2D eigenvalue weighted by molar-refractivity contribution is 0.283. The lowest BCUT2D eigenvalue weighted by Gasteiger charge is -1.95. The highest BCUT2D eigenvalue weighted by Crippen LogP contribution is 2.19. The zero-order valence-corrected chi connectivity index (χ0v) is 5.95. The standard InChI is InChI=1S/C9H8O2/c10-6-7-2-1-3-9-8(7)4-5-11-9/h1-5,10H,6H2. The predicted molar refractivity (Wildman–Crippen MR) is 42.1 cm³/mol. The van der Waals surface area contributed by atoms with Crippen LogP contribution in [0.5, 0.6) is 0 Å². The maximum atomic E-state index is 8.91. The van der Waals surface area contributed by atoms with Crippen LogP contribution in [0.3, 0.4) is 0 Å². The van der Waals surface area contributed by atoms with E-state index in [0.29, 0.717) is 0 Å². The van der Waals surface area contributed by atoms with Crippen LogP contribution in [0.1, 0.15) is 5.56 Å². The second-order valence-corrected chi connectivity index (χ2v) is 2.41. The highest BCUT2D eigenvalue weighted by Gasteiger charge is 1.99. The first-order valence-electron chi connectivity index (χ1n) is 3.48. The molecule has 1 N–H and O–H groups in total. The molecule has 2 nitrogen and oxygen atoms in total. The van der Waals surface area contributed by atoms with Crippen molar-refractivity contribution in [2.45, 2.75) is 6.61 Å². The van der Waals surface area contributed by atoms with E-state index in [-0.39, 0.29) is 6.61 Å². The summed E-state index contributed by atoms with van der Waals surface area (Å²) in [7, 11) is 0. The summed E-state index contributed by atoms with van der Waals surface area (Å²) >= 11 is 0. The summed E-state index contributed by atoms with van der Waals surface area (Å²) in [5.41, 5.74) is 1.74. The summed E-state index contributed by atoms with van der Waals surface area (Å²) in [6.07, 6.45) is 1.63. The first kappa shape index (κ1) is 6.43. The van der Waals surface area contributed by atoms with Gasteiger partial charge in [0.1, 0.15) is 5.58 Å². The Kier molecular flexibility index (Phi) is 1.40. The third-order valence-electron chi connectivity index (χ3n) is 1.76. The van der Waals surface area contributed by atoms with Crippen LogP contribution < -0.4 is 0 Å². The van der Waals surface area contributed by atoms with Crippen LogP contribution in [0, 0.1) is 0 Å². The molecule has 0 atom stereocenters. The minimum atomic E-state index is 0.0663. The second-order valence-electron chi connectivity index (χ2n) is 2.41. The van der Waals surface area contributed by atoms with Gasteiger partial charge in [-0.15, -0.1) is 0 Å². The van der Waals surface area contributed by atoms with Gasteiger partial charge in [0.15, 0.2) is 0 Å². The Morgan fingerprint density at radius 3 is 3.00 bits per heavy atom. The molecule has 0 aliphatic heterocycles. The molecule has 56 valence electrons.